The Hall–Kier alpha value is -2.74. The van der Waals surface area contributed by atoms with Crippen LogP contribution in [0.4, 0.5) is 5.69 Å². The minimum absolute atomic E-state index is 0.0984. The molecule has 0 saturated carbocycles. The number of benzene rings is 2. The largest absolute Gasteiger partial charge is 0.494 e. The van der Waals surface area contributed by atoms with Crippen LogP contribution >= 0.6 is 0 Å². The van der Waals surface area contributed by atoms with Gasteiger partial charge in [-0.2, -0.15) is 0 Å². The highest BCUT2D eigenvalue weighted by Gasteiger charge is 2.37. The molecule has 1 aliphatic heterocycles. The lowest BCUT2D eigenvalue weighted by Crippen LogP contribution is -2.47. The van der Waals surface area contributed by atoms with E-state index in [-0.39, 0.29) is 11.4 Å². The van der Waals surface area contributed by atoms with Gasteiger partial charge in [-0.3, -0.25) is 4.31 Å². The van der Waals surface area contributed by atoms with Crippen molar-refractivity contribution in [3.8, 4) is 11.5 Å². The quantitative estimate of drug-likeness (QED) is 0.743. The molecular formula is C18H19NO6S. The van der Waals surface area contributed by atoms with Crippen molar-refractivity contribution in [1.29, 1.82) is 0 Å². The second-order valence-electron chi connectivity index (χ2n) is 5.54. The number of nitrogens with zero attached hydrogens (tertiary/aromatic N) is 1. The van der Waals surface area contributed by atoms with Crippen LogP contribution in [0.5, 0.6) is 11.5 Å². The van der Waals surface area contributed by atoms with E-state index in [2.05, 4.69) is 0 Å². The van der Waals surface area contributed by atoms with Gasteiger partial charge in [-0.25, -0.2) is 13.2 Å². The average Bonchev–Trinajstić information content (AvgIpc) is 2.67. The van der Waals surface area contributed by atoms with Gasteiger partial charge in [0.15, 0.2) is 0 Å². The van der Waals surface area contributed by atoms with Crippen LogP contribution < -0.4 is 13.8 Å². The zero-order valence-corrected chi connectivity index (χ0v) is 15.2. The Kier molecular flexibility index (Phi) is 5.03. The maximum Gasteiger partial charge on any atom is 0.348 e. The van der Waals surface area contributed by atoms with Gasteiger partial charge >= 0.3 is 5.97 Å². The molecule has 7 nitrogen and oxygen atoms in total. The van der Waals surface area contributed by atoms with E-state index < -0.39 is 22.1 Å². The number of rotatable bonds is 5. The molecule has 0 saturated heterocycles. The van der Waals surface area contributed by atoms with Gasteiger partial charge in [-0.15, -0.1) is 0 Å². The van der Waals surface area contributed by atoms with E-state index in [9.17, 15) is 13.2 Å². The summed E-state index contributed by atoms with van der Waals surface area (Å²) in [6.07, 6.45) is -1.03. The van der Waals surface area contributed by atoms with Crippen LogP contribution in [0.3, 0.4) is 0 Å². The minimum Gasteiger partial charge on any atom is -0.494 e. The molecule has 0 fully saturated rings. The topological polar surface area (TPSA) is 82.1 Å². The summed E-state index contributed by atoms with van der Waals surface area (Å²) in [5.74, 6) is 0.260. The van der Waals surface area contributed by atoms with Crippen molar-refractivity contribution in [2.45, 2.75) is 17.9 Å². The Balaban J connectivity index is 2.00. The van der Waals surface area contributed by atoms with Crippen molar-refractivity contribution >= 4 is 21.7 Å². The number of esters is 1. The smallest absolute Gasteiger partial charge is 0.348 e. The predicted octanol–water partition coefficient (Wildman–Crippen LogP) is 2.21. The number of sulfonamides is 1. The summed E-state index contributed by atoms with van der Waals surface area (Å²) in [4.78, 5) is 12.0. The molecular weight excluding hydrogens is 358 g/mol. The predicted molar refractivity (Wildman–Crippen MR) is 95.0 cm³/mol. The highest BCUT2D eigenvalue weighted by Crippen LogP contribution is 2.37. The Bertz CT molecular complexity index is 894. The number of hydrogen-bond donors (Lipinski definition) is 0. The van der Waals surface area contributed by atoms with Crippen LogP contribution in [0.2, 0.25) is 0 Å². The molecule has 0 N–H and O–H groups in total. The van der Waals surface area contributed by atoms with Gasteiger partial charge in [0.1, 0.15) is 11.5 Å². The summed E-state index contributed by atoms with van der Waals surface area (Å²) in [6, 6.07) is 12.8. The first-order chi connectivity index (χ1) is 12.5. The van der Waals surface area contributed by atoms with Crippen molar-refractivity contribution < 1.29 is 27.4 Å². The number of carbonyl (C=O) groups is 1. The first kappa shape index (κ1) is 18.1. The SMILES string of the molecule is CCOc1ccc(S(=O)(=O)N2C[C@H](C(=O)OC)Oc3ccccc32)cc1. The molecule has 138 valence electrons. The van der Waals surface area contributed by atoms with Crippen LogP contribution in [0.25, 0.3) is 0 Å². The molecule has 0 unspecified atom stereocenters. The molecule has 0 bridgehead atoms. The lowest BCUT2D eigenvalue weighted by Gasteiger charge is -2.34. The second-order valence-corrected chi connectivity index (χ2v) is 7.40. The number of methoxy groups -OCH3 is 1. The highest BCUT2D eigenvalue weighted by atomic mass is 32.2. The molecule has 2 aromatic rings. The number of fused-ring (bicyclic) bond motifs is 1. The Labute approximate surface area is 152 Å². The van der Waals surface area contributed by atoms with E-state index in [1.165, 1.54) is 23.5 Å². The monoisotopic (exact) mass is 377 g/mol. The number of carbonyl (C=O) groups excluding carboxylic acids is 1. The summed E-state index contributed by atoms with van der Waals surface area (Å²) in [5.41, 5.74) is 0.376. The standard InChI is InChI=1S/C18H19NO6S/c1-3-24-13-8-10-14(11-9-13)26(21,22)19-12-17(18(20)23-2)25-16-7-5-4-6-15(16)19/h4-11,17H,3,12H2,1-2H3/t17-/m1/s1. The van der Waals surface area contributed by atoms with Crippen molar-refractivity contribution in [3.05, 3.63) is 48.5 Å². The fraction of sp³-hybridized carbons (Fsp3) is 0.278. The zero-order valence-electron chi connectivity index (χ0n) is 14.4. The van der Waals surface area contributed by atoms with Crippen molar-refractivity contribution in [1.82, 2.24) is 0 Å². The summed E-state index contributed by atoms with van der Waals surface area (Å²) in [7, 11) is -2.66. The van der Waals surface area contributed by atoms with Crippen molar-refractivity contribution in [3.63, 3.8) is 0 Å². The highest BCUT2D eigenvalue weighted by molar-refractivity contribution is 7.92. The second kappa shape index (κ2) is 7.25. The first-order valence-electron chi connectivity index (χ1n) is 8.06. The third-order valence-electron chi connectivity index (χ3n) is 3.92. The maximum absolute atomic E-state index is 13.2. The molecule has 0 aromatic heterocycles. The minimum atomic E-state index is -3.89. The van der Waals surface area contributed by atoms with Gasteiger partial charge in [0.05, 0.1) is 30.8 Å². The van der Waals surface area contributed by atoms with E-state index in [1.807, 2.05) is 6.92 Å². The van der Waals surface area contributed by atoms with Crippen LogP contribution in [0.1, 0.15) is 6.92 Å². The van der Waals surface area contributed by atoms with Crippen LogP contribution in [0, 0.1) is 0 Å². The molecule has 1 heterocycles. The molecule has 8 heteroatoms. The molecule has 1 aliphatic rings. The fourth-order valence-corrected chi connectivity index (χ4v) is 4.16. The van der Waals surface area contributed by atoms with Crippen molar-refractivity contribution in [2.75, 3.05) is 24.6 Å². The van der Waals surface area contributed by atoms with Gasteiger partial charge in [0.2, 0.25) is 6.10 Å². The summed E-state index contributed by atoms with van der Waals surface area (Å²) in [5, 5.41) is 0. The Morgan fingerprint density at radius 3 is 2.54 bits per heavy atom. The molecule has 2 aromatic carbocycles. The van der Waals surface area contributed by atoms with E-state index in [0.717, 1.165) is 0 Å². The molecule has 0 aliphatic carbocycles. The molecule has 1 atom stereocenters. The maximum atomic E-state index is 13.2. The molecule has 0 radical (unpaired) electrons. The third-order valence-corrected chi connectivity index (χ3v) is 5.72. The molecule has 0 amide bonds. The lowest BCUT2D eigenvalue weighted by atomic mass is 10.2. The van der Waals surface area contributed by atoms with E-state index in [1.54, 1.807) is 36.4 Å². The first-order valence-corrected chi connectivity index (χ1v) is 9.50. The van der Waals surface area contributed by atoms with Gasteiger partial charge < -0.3 is 14.2 Å². The van der Waals surface area contributed by atoms with Gasteiger partial charge in [0.25, 0.3) is 10.0 Å². The van der Waals surface area contributed by atoms with E-state index >= 15 is 0 Å². The van der Waals surface area contributed by atoms with E-state index in [4.69, 9.17) is 14.2 Å². The normalized spacial score (nSPS) is 16.4. The van der Waals surface area contributed by atoms with Gasteiger partial charge in [0, 0.05) is 0 Å². The molecule has 0 spiro atoms. The number of anilines is 1. The number of hydrogen-bond acceptors (Lipinski definition) is 6. The lowest BCUT2D eigenvalue weighted by molar-refractivity contribution is -0.148. The summed E-state index contributed by atoms with van der Waals surface area (Å²) >= 11 is 0. The zero-order chi connectivity index (χ0) is 18.7. The van der Waals surface area contributed by atoms with Gasteiger partial charge in [-0.1, -0.05) is 12.1 Å². The summed E-state index contributed by atoms with van der Waals surface area (Å²) < 4.78 is 43.1. The van der Waals surface area contributed by atoms with E-state index in [0.29, 0.717) is 23.8 Å². The number of para-hydroxylation sites is 2. The Morgan fingerprint density at radius 1 is 1.19 bits per heavy atom. The third kappa shape index (κ3) is 3.32. The van der Waals surface area contributed by atoms with Gasteiger partial charge in [-0.05, 0) is 43.3 Å². The fourth-order valence-electron chi connectivity index (χ4n) is 2.69. The summed E-state index contributed by atoms with van der Waals surface area (Å²) in [6.45, 7) is 2.17. The van der Waals surface area contributed by atoms with Crippen LogP contribution in [-0.4, -0.2) is 40.8 Å². The van der Waals surface area contributed by atoms with Crippen molar-refractivity contribution in [2.24, 2.45) is 0 Å². The number of ether oxygens (including phenoxy) is 3. The molecule has 3 rings (SSSR count). The average molecular weight is 377 g/mol. The Morgan fingerprint density at radius 2 is 1.88 bits per heavy atom. The van der Waals surface area contributed by atoms with Crippen LogP contribution in [0.15, 0.2) is 53.4 Å². The molecule has 26 heavy (non-hydrogen) atoms. The van der Waals surface area contributed by atoms with Crippen LogP contribution in [-0.2, 0) is 19.6 Å².